The smallest absolute Gasteiger partial charge is 0.244 e. The molecule has 5 heteroatoms. The monoisotopic (exact) mass is 286 g/mol. The second-order valence-electron chi connectivity index (χ2n) is 5.38. The number of nitrogens with zero attached hydrogens (tertiary/aromatic N) is 2. The molecule has 1 amide bonds. The standard InChI is InChI=1S/C16H22N4O/c1-4-14-12(11-20(3)19-14)10-18-15(21)16(2,17)13-8-6-5-7-9-13/h5-9,11H,4,10,17H2,1-3H3,(H,18,21). The molecule has 0 spiro atoms. The van der Waals surface area contributed by atoms with Crippen LogP contribution in [0.15, 0.2) is 36.5 Å². The van der Waals surface area contributed by atoms with Crippen molar-refractivity contribution in [3.63, 3.8) is 0 Å². The van der Waals surface area contributed by atoms with E-state index < -0.39 is 5.54 Å². The molecule has 1 heterocycles. The van der Waals surface area contributed by atoms with Crippen molar-refractivity contribution in [1.82, 2.24) is 15.1 Å². The van der Waals surface area contributed by atoms with Crippen molar-refractivity contribution < 1.29 is 4.79 Å². The van der Waals surface area contributed by atoms with E-state index in [2.05, 4.69) is 10.4 Å². The SMILES string of the molecule is CCc1nn(C)cc1CNC(=O)C(C)(N)c1ccccc1. The minimum Gasteiger partial charge on any atom is -0.350 e. The molecule has 112 valence electrons. The van der Waals surface area contributed by atoms with E-state index in [1.54, 1.807) is 11.6 Å². The van der Waals surface area contributed by atoms with E-state index in [0.29, 0.717) is 6.54 Å². The molecule has 0 aliphatic carbocycles. The van der Waals surface area contributed by atoms with Gasteiger partial charge in [0.15, 0.2) is 0 Å². The summed E-state index contributed by atoms with van der Waals surface area (Å²) < 4.78 is 1.76. The molecule has 5 nitrogen and oxygen atoms in total. The lowest BCUT2D eigenvalue weighted by atomic mass is 9.92. The topological polar surface area (TPSA) is 72.9 Å². The summed E-state index contributed by atoms with van der Waals surface area (Å²) in [6.45, 7) is 4.21. The fourth-order valence-electron chi connectivity index (χ4n) is 2.30. The van der Waals surface area contributed by atoms with Gasteiger partial charge >= 0.3 is 0 Å². The van der Waals surface area contributed by atoms with Crippen LogP contribution in [0.2, 0.25) is 0 Å². The Morgan fingerprint density at radius 1 is 1.38 bits per heavy atom. The Labute approximate surface area is 125 Å². The van der Waals surface area contributed by atoms with Crippen molar-refractivity contribution in [2.75, 3.05) is 0 Å². The van der Waals surface area contributed by atoms with Gasteiger partial charge in [-0.2, -0.15) is 5.10 Å². The van der Waals surface area contributed by atoms with E-state index in [9.17, 15) is 4.79 Å². The summed E-state index contributed by atoms with van der Waals surface area (Å²) in [4.78, 5) is 12.4. The van der Waals surface area contributed by atoms with Gasteiger partial charge in [0.2, 0.25) is 5.91 Å². The van der Waals surface area contributed by atoms with Crippen LogP contribution in [0, 0.1) is 0 Å². The number of nitrogens with one attached hydrogen (secondary N) is 1. The number of rotatable bonds is 5. The third-order valence-corrected chi connectivity index (χ3v) is 3.61. The number of aromatic nitrogens is 2. The van der Waals surface area contributed by atoms with Crippen LogP contribution in [-0.2, 0) is 30.3 Å². The van der Waals surface area contributed by atoms with Gasteiger partial charge in [0.25, 0.3) is 0 Å². The van der Waals surface area contributed by atoms with Gasteiger partial charge in [-0.15, -0.1) is 0 Å². The fourth-order valence-corrected chi connectivity index (χ4v) is 2.30. The molecule has 0 saturated carbocycles. The van der Waals surface area contributed by atoms with Crippen LogP contribution in [0.25, 0.3) is 0 Å². The van der Waals surface area contributed by atoms with Crippen molar-refractivity contribution in [2.24, 2.45) is 12.8 Å². The van der Waals surface area contributed by atoms with Crippen LogP contribution >= 0.6 is 0 Å². The van der Waals surface area contributed by atoms with Crippen molar-refractivity contribution >= 4 is 5.91 Å². The quantitative estimate of drug-likeness (QED) is 0.874. The van der Waals surface area contributed by atoms with Gasteiger partial charge in [-0.1, -0.05) is 37.3 Å². The normalized spacial score (nSPS) is 13.7. The summed E-state index contributed by atoms with van der Waals surface area (Å²) in [6.07, 6.45) is 2.76. The predicted molar refractivity (Wildman–Crippen MR) is 82.4 cm³/mol. The molecule has 1 aromatic heterocycles. The Bertz CT molecular complexity index is 616. The lowest BCUT2D eigenvalue weighted by molar-refractivity contribution is -0.126. The first kappa shape index (κ1) is 15.3. The third kappa shape index (κ3) is 3.31. The first-order valence-electron chi connectivity index (χ1n) is 7.09. The molecule has 0 radical (unpaired) electrons. The highest BCUT2D eigenvalue weighted by atomic mass is 16.2. The van der Waals surface area contributed by atoms with E-state index >= 15 is 0 Å². The molecular weight excluding hydrogens is 264 g/mol. The number of hydrogen-bond acceptors (Lipinski definition) is 3. The molecule has 0 aliphatic rings. The van der Waals surface area contributed by atoms with E-state index in [1.165, 1.54) is 0 Å². The van der Waals surface area contributed by atoms with Gasteiger partial charge in [-0.3, -0.25) is 9.48 Å². The molecule has 0 fully saturated rings. The minimum absolute atomic E-state index is 0.195. The van der Waals surface area contributed by atoms with E-state index in [-0.39, 0.29) is 5.91 Å². The molecule has 0 bridgehead atoms. The van der Waals surface area contributed by atoms with Crippen LogP contribution in [0.4, 0.5) is 0 Å². The fraction of sp³-hybridized carbons (Fsp3) is 0.375. The van der Waals surface area contributed by atoms with Gasteiger partial charge < -0.3 is 11.1 Å². The average Bonchev–Trinajstić information content (AvgIpc) is 2.85. The van der Waals surface area contributed by atoms with Gasteiger partial charge in [-0.25, -0.2) is 0 Å². The van der Waals surface area contributed by atoms with E-state index in [1.807, 2.05) is 50.5 Å². The maximum absolute atomic E-state index is 12.4. The molecule has 3 N–H and O–H groups in total. The van der Waals surface area contributed by atoms with Gasteiger partial charge in [0, 0.05) is 25.4 Å². The zero-order valence-corrected chi connectivity index (χ0v) is 12.8. The van der Waals surface area contributed by atoms with Gasteiger partial charge in [-0.05, 0) is 18.9 Å². The Kier molecular flexibility index (Phi) is 4.43. The molecule has 1 aromatic carbocycles. The molecule has 1 atom stereocenters. The summed E-state index contributed by atoms with van der Waals surface area (Å²) in [7, 11) is 1.88. The highest BCUT2D eigenvalue weighted by molar-refractivity contribution is 5.86. The highest BCUT2D eigenvalue weighted by Crippen LogP contribution is 2.17. The summed E-state index contributed by atoms with van der Waals surface area (Å²) >= 11 is 0. The zero-order chi connectivity index (χ0) is 15.5. The molecule has 1 unspecified atom stereocenters. The second kappa shape index (κ2) is 6.10. The largest absolute Gasteiger partial charge is 0.350 e. The second-order valence-corrected chi connectivity index (χ2v) is 5.38. The number of benzene rings is 1. The van der Waals surface area contributed by atoms with Crippen molar-refractivity contribution in [1.29, 1.82) is 0 Å². The average molecular weight is 286 g/mol. The predicted octanol–water partition coefficient (Wildman–Crippen LogP) is 1.47. The van der Waals surface area contributed by atoms with Crippen LogP contribution in [0.1, 0.15) is 30.7 Å². The van der Waals surface area contributed by atoms with E-state index in [0.717, 1.165) is 23.2 Å². The molecular formula is C16H22N4O. The van der Waals surface area contributed by atoms with Crippen LogP contribution < -0.4 is 11.1 Å². The maximum Gasteiger partial charge on any atom is 0.244 e. The molecule has 0 aliphatic heterocycles. The van der Waals surface area contributed by atoms with Crippen molar-refractivity contribution in [2.45, 2.75) is 32.4 Å². The number of aryl methyl sites for hydroxylation is 2. The van der Waals surface area contributed by atoms with Crippen LogP contribution in [0.3, 0.4) is 0 Å². The lowest BCUT2D eigenvalue weighted by Crippen LogP contribution is -2.48. The van der Waals surface area contributed by atoms with Crippen LogP contribution in [-0.4, -0.2) is 15.7 Å². The number of carbonyl (C=O) groups is 1. The molecule has 0 saturated heterocycles. The van der Waals surface area contributed by atoms with Crippen LogP contribution in [0.5, 0.6) is 0 Å². The Balaban J connectivity index is 2.07. The third-order valence-electron chi connectivity index (χ3n) is 3.61. The summed E-state index contributed by atoms with van der Waals surface area (Å²) in [6, 6.07) is 9.39. The summed E-state index contributed by atoms with van der Waals surface area (Å²) in [5.74, 6) is -0.195. The first-order chi connectivity index (χ1) is 9.95. The summed E-state index contributed by atoms with van der Waals surface area (Å²) in [5, 5.41) is 7.27. The Hall–Kier alpha value is -2.14. The van der Waals surface area contributed by atoms with Crippen molar-refractivity contribution in [3.05, 3.63) is 53.3 Å². The first-order valence-corrected chi connectivity index (χ1v) is 7.09. The highest BCUT2D eigenvalue weighted by Gasteiger charge is 2.30. The Morgan fingerprint density at radius 2 is 2.05 bits per heavy atom. The Morgan fingerprint density at radius 3 is 2.67 bits per heavy atom. The van der Waals surface area contributed by atoms with Crippen molar-refractivity contribution in [3.8, 4) is 0 Å². The van der Waals surface area contributed by atoms with Gasteiger partial charge in [0.05, 0.1) is 5.69 Å². The molecule has 21 heavy (non-hydrogen) atoms. The van der Waals surface area contributed by atoms with E-state index in [4.69, 9.17) is 5.73 Å². The molecule has 2 aromatic rings. The number of hydrogen-bond donors (Lipinski definition) is 2. The number of amides is 1. The summed E-state index contributed by atoms with van der Waals surface area (Å²) in [5.41, 5.74) is 7.96. The zero-order valence-electron chi connectivity index (χ0n) is 12.8. The number of carbonyl (C=O) groups excluding carboxylic acids is 1. The van der Waals surface area contributed by atoms with Gasteiger partial charge in [0.1, 0.15) is 5.54 Å². The minimum atomic E-state index is -1.05. The maximum atomic E-state index is 12.4. The molecule has 2 rings (SSSR count). The lowest BCUT2D eigenvalue weighted by Gasteiger charge is -2.24. The number of nitrogens with two attached hydrogens (primary N) is 1.